The van der Waals surface area contributed by atoms with E-state index in [2.05, 4.69) is 0 Å². The monoisotopic (exact) mass is 312 g/mol. The molecule has 1 aromatic rings. The minimum Gasteiger partial charge on any atom is -0.480 e. The standard InChI is InChI=1S/C12H12N2O4S2/c1-13-3-2-7(5-13)4-9-10(16)14(12(19)20-9)8(6-15)11(17)18/h2-5,8,15H,6H2,1H3,(H,17,18). The number of hydrogen-bond acceptors (Lipinski definition) is 5. The first kappa shape index (κ1) is 14.8. The number of carbonyl (C=O) groups excluding carboxylic acids is 1. The van der Waals surface area contributed by atoms with Gasteiger partial charge >= 0.3 is 5.97 Å². The van der Waals surface area contributed by atoms with Gasteiger partial charge in [0.2, 0.25) is 0 Å². The molecule has 2 rings (SSSR count). The number of thiocarbonyl (C=S) groups is 1. The average molecular weight is 312 g/mol. The van der Waals surface area contributed by atoms with Crippen LogP contribution in [0.25, 0.3) is 6.08 Å². The van der Waals surface area contributed by atoms with Crippen molar-refractivity contribution in [3.63, 3.8) is 0 Å². The van der Waals surface area contributed by atoms with E-state index in [0.717, 1.165) is 22.2 Å². The summed E-state index contributed by atoms with van der Waals surface area (Å²) < 4.78 is 1.97. The molecular formula is C12H12N2O4S2. The van der Waals surface area contributed by atoms with Crippen LogP contribution in [0.5, 0.6) is 0 Å². The summed E-state index contributed by atoms with van der Waals surface area (Å²) in [4.78, 5) is 24.5. The Kier molecular flexibility index (Phi) is 4.26. The van der Waals surface area contributed by atoms with Crippen molar-refractivity contribution in [2.75, 3.05) is 6.61 Å². The van der Waals surface area contributed by atoms with E-state index in [-0.39, 0.29) is 4.32 Å². The normalized spacial score (nSPS) is 18.9. The quantitative estimate of drug-likeness (QED) is 0.628. The summed E-state index contributed by atoms with van der Waals surface area (Å²) >= 11 is 6.06. The SMILES string of the molecule is Cn1ccc(C=C2SC(=S)N(C(CO)C(=O)O)C2=O)c1. The molecule has 1 saturated heterocycles. The number of aryl methyl sites for hydroxylation is 1. The molecule has 1 unspecified atom stereocenters. The Morgan fingerprint density at radius 3 is 2.80 bits per heavy atom. The topological polar surface area (TPSA) is 82.8 Å². The molecular weight excluding hydrogens is 300 g/mol. The molecule has 0 radical (unpaired) electrons. The van der Waals surface area contributed by atoms with Gasteiger partial charge in [-0.2, -0.15) is 0 Å². The number of thioether (sulfide) groups is 1. The highest BCUT2D eigenvalue weighted by Gasteiger charge is 2.40. The second-order valence-corrected chi connectivity index (χ2v) is 5.87. The van der Waals surface area contributed by atoms with Crippen molar-refractivity contribution in [3.8, 4) is 0 Å². The van der Waals surface area contributed by atoms with Crippen molar-refractivity contribution in [2.45, 2.75) is 6.04 Å². The first-order chi connectivity index (χ1) is 9.43. The second-order valence-electron chi connectivity index (χ2n) is 4.20. The van der Waals surface area contributed by atoms with E-state index in [4.69, 9.17) is 22.4 Å². The molecule has 1 fully saturated rings. The number of carboxylic acid groups (broad SMARTS) is 1. The number of amides is 1. The minimum atomic E-state index is -1.34. The zero-order valence-electron chi connectivity index (χ0n) is 10.5. The van der Waals surface area contributed by atoms with E-state index in [1.54, 1.807) is 6.08 Å². The number of carbonyl (C=O) groups is 2. The lowest BCUT2D eigenvalue weighted by Gasteiger charge is -2.20. The van der Waals surface area contributed by atoms with Crippen LogP contribution in [-0.4, -0.2) is 48.5 Å². The zero-order valence-corrected chi connectivity index (χ0v) is 12.1. The molecule has 0 aliphatic carbocycles. The smallest absolute Gasteiger partial charge is 0.329 e. The van der Waals surface area contributed by atoms with Crippen LogP contribution in [0.1, 0.15) is 5.56 Å². The lowest BCUT2D eigenvalue weighted by atomic mass is 10.2. The largest absolute Gasteiger partial charge is 0.480 e. The van der Waals surface area contributed by atoms with Gasteiger partial charge in [-0.25, -0.2) is 4.79 Å². The van der Waals surface area contributed by atoms with Crippen LogP contribution in [0.4, 0.5) is 0 Å². The molecule has 8 heteroatoms. The van der Waals surface area contributed by atoms with Gasteiger partial charge in [-0.3, -0.25) is 9.69 Å². The summed E-state index contributed by atoms with van der Waals surface area (Å²) in [6, 6.07) is 0.483. The van der Waals surface area contributed by atoms with Gasteiger partial charge in [0.05, 0.1) is 11.5 Å². The third-order valence-electron chi connectivity index (χ3n) is 2.75. The Morgan fingerprint density at radius 2 is 2.30 bits per heavy atom. The summed E-state index contributed by atoms with van der Waals surface area (Å²) in [5.74, 6) is -1.78. The molecule has 106 valence electrons. The number of aliphatic hydroxyl groups excluding tert-OH is 1. The Bertz CT molecular complexity index is 608. The van der Waals surface area contributed by atoms with E-state index in [1.165, 1.54) is 0 Å². The Labute approximate surface area is 124 Å². The Hall–Kier alpha value is -1.64. The highest BCUT2D eigenvalue weighted by Crippen LogP contribution is 2.33. The predicted molar refractivity (Wildman–Crippen MR) is 78.9 cm³/mol. The van der Waals surface area contributed by atoms with Crippen LogP contribution < -0.4 is 0 Å². The Morgan fingerprint density at radius 1 is 1.60 bits per heavy atom. The van der Waals surface area contributed by atoms with Gasteiger partial charge in [0.15, 0.2) is 6.04 Å². The highest BCUT2D eigenvalue weighted by molar-refractivity contribution is 8.26. The number of aliphatic carboxylic acids is 1. The molecule has 2 heterocycles. The number of aliphatic hydroxyl groups is 1. The van der Waals surface area contributed by atoms with Crippen molar-refractivity contribution in [2.24, 2.45) is 7.05 Å². The van der Waals surface area contributed by atoms with Gasteiger partial charge in [0, 0.05) is 19.4 Å². The summed E-state index contributed by atoms with van der Waals surface area (Å²) in [6.45, 7) is -0.680. The van der Waals surface area contributed by atoms with Gasteiger partial charge < -0.3 is 14.8 Å². The van der Waals surface area contributed by atoms with E-state index in [9.17, 15) is 9.59 Å². The van der Waals surface area contributed by atoms with Crippen LogP contribution >= 0.6 is 24.0 Å². The van der Waals surface area contributed by atoms with Gasteiger partial charge in [0.1, 0.15) is 4.32 Å². The van der Waals surface area contributed by atoms with Gasteiger partial charge in [-0.05, 0) is 17.7 Å². The fraction of sp³-hybridized carbons (Fsp3) is 0.250. The van der Waals surface area contributed by atoms with Crippen LogP contribution in [0.2, 0.25) is 0 Å². The number of hydrogen-bond donors (Lipinski definition) is 2. The predicted octanol–water partition coefficient (Wildman–Crippen LogP) is 0.672. The summed E-state index contributed by atoms with van der Waals surface area (Å²) in [7, 11) is 1.86. The van der Waals surface area contributed by atoms with Gasteiger partial charge in [-0.1, -0.05) is 24.0 Å². The van der Waals surface area contributed by atoms with Crippen molar-refractivity contribution < 1.29 is 19.8 Å². The van der Waals surface area contributed by atoms with Crippen molar-refractivity contribution in [1.82, 2.24) is 9.47 Å². The fourth-order valence-electron chi connectivity index (χ4n) is 1.78. The summed E-state index contributed by atoms with van der Waals surface area (Å²) in [6.07, 6.45) is 5.31. The fourth-order valence-corrected chi connectivity index (χ4v) is 3.14. The van der Waals surface area contributed by atoms with E-state index in [0.29, 0.717) is 4.91 Å². The first-order valence-electron chi connectivity index (χ1n) is 5.66. The molecule has 1 aliphatic rings. The molecule has 6 nitrogen and oxygen atoms in total. The molecule has 1 aliphatic heterocycles. The molecule has 0 spiro atoms. The first-order valence-corrected chi connectivity index (χ1v) is 6.89. The molecule has 1 amide bonds. The Balaban J connectivity index is 2.29. The summed E-state index contributed by atoms with van der Waals surface area (Å²) in [5.41, 5.74) is 0.823. The van der Waals surface area contributed by atoms with Crippen LogP contribution in [0.15, 0.2) is 23.4 Å². The maximum atomic E-state index is 12.2. The van der Waals surface area contributed by atoms with Gasteiger partial charge in [-0.15, -0.1) is 0 Å². The van der Waals surface area contributed by atoms with Crippen molar-refractivity contribution >= 4 is 46.3 Å². The van der Waals surface area contributed by atoms with E-state index in [1.807, 2.05) is 30.1 Å². The third kappa shape index (κ3) is 2.77. The lowest BCUT2D eigenvalue weighted by molar-refractivity contribution is -0.146. The molecule has 1 aromatic heterocycles. The number of rotatable bonds is 4. The average Bonchev–Trinajstić information content (AvgIpc) is 2.89. The number of aromatic nitrogens is 1. The molecule has 20 heavy (non-hydrogen) atoms. The van der Waals surface area contributed by atoms with Crippen molar-refractivity contribution in [3.05, 3.63) is 28.9 Å². The lowest BCUT2D eigenvalue weighted by Crippen LogP contribution is -2.46. The van der Waals surface area contributed by atoms with Crippen LogP contribution in [-0.2, 0) is 16.6 Å². The van der Waals surface area contributed by atoms with E-state index < -0.39 is 24.5 Å². The van der Waals surface area contributed by atoms with Crippen molar-refractivity contribution in [1.29, 1.82) is 0 Å². The third-order valence-corrected chi connectivity index (χ3v) is 4.08. The van der Waals surface area contributed by atoms with Gasteiger partial charge in [0.25, 0.3) is 5.91 Å². The second kappa shape index (κ2) is 5.78. The molecule has 1 atom stereocenters. The maximum absolute atomic E-state index is 12.2. The zero-order chi connectivity index (χ0) is 14.9. The molecule has 0 aromatic carbocycles. The van der Waals surface area contributed by atoms with Crippen LogP contribution in [0.3, 0.4) is 0 Å². The minimum absolute atomic E-state index is 0.138. The molecule has 0 saturated carbocycles. The highest BCUT2D eigenvalue weighted by atomic mass is 32.2. The van der Waals surface area contributed by atoms with E-state index >= 15 is 0 Å². The number of nitrogens with zero attached hydrogens (tertiary/aromatic N) is 2. The molecule has 2 N–H and O–H groups in total. The van der Waals surface area contributed by atoms with Crippen LogP contribution in [0, 0.1) is 0 Å². The molecule has 0 bridgehead atoms. The maximum Gasteiger partial charge on any atom is 0.329 e. The number of carboxylic acids is 1. The summed E-state index contributed by atoms with van der Waals surface area (Å²) in [5, 5.41) is 18.1.